The Kier molecular flexibility index (Phi) is 4.22. The van der Waals surface area contributed by atoms with Crippen molar-refractivity contribution in [3.05, 3.63) is 47.5 Å². The topological polar surface area (TPSA) is 53.1 Å². The highest BCUT2D eigenvalue weighted by Gasteiger charge is 2.17. The van der Waals surface area contributed by atoms with Crippen molar-refractivity contribution in [2.24, 2.45) is 12.8 Å². The van der Waals surface area contributed by atoms with Crippen LogP contribution in [0.5, 0.6) is 5.75 Å². The lowest BCUT2D eigenvalue weighted by molar-refractivity contribution is 0.337. The van der Waals surface area contributed by atoms with Gasteiger partial charge in [0.15, 0.2) is 0 Å². The zero-order valence-electron chi connectivity index (χ0n) is 11.8. The Bertz CT molecular complexity index is 548. The number of imidazole rings is 1. The fraction of sp³-hybridized carbons (Fsp3) is 0.400. The molecule has 1 aromatic carbocycles. The molecule has 0 aliphatic rings. The second kappa shape index (κ2) is 5.89. The van der Waals surface area contributed by atoms with Crippen LogP contribution in [0.25, 0.3) is 0 Å². The molecule has 0 saturated heterocycles. The van der Waals surface area contributed by atoms with E-state index in [1.54, 1.807) is 6.20 Å². The maximum absolute atomic E-state index is 5.93. The second-order valence-corrected chi connectivity index (χ2v) is 4.64. The summed E-state index contributed by atoms with van der Waals surface area (Å²) in [5.41, 5.74) is 8.24. The van der Waals surface area contributed by atoms with Crippen molar-refractivity contribution in [1.82, 2.24) is 9.55 Å². The molecule has 0 aliphatic carbocycles. The summed E-state index contributed by atoms with van der Waals surface area (Å²) in [6.07, 6.45) is 3.75. The van der Waals surface area contributed by atoms with Gasteiger partial charge in [-0.2, -0.15) is 0 Å². The van der Waals surface area contributed by atoms with Gasteiger partial charge in [-0.3, -0.25) is 0 Å². The number of hydrogen-bond donors (Lipinski definition) is 1. The number of rotatable bonds is 5. The Balaban J connectivity index is 2.34. The van der Waals surface area contributed by atoms with E-state index in [2.05, 4.69) is 24.0 Å². The minimum absolute atomic E-state index is 0.120. The highest BCUT2D eigenvalue weighted by atomic mass is 16.5. The maximum atomic E-state index is 5.93. The number of benzene rings is 1. The highest BCUT2D eigenvalue weighted by Crippen LogP contribution is 2.27. The molecule has 0 aliphatic heterocycles. The fourth-order valence-electron chi connectivity index (χ4n) is 2.31. The minimum Gasteiger partial charge on any atom is -0.494 e. The van der Waals surface area contributed by atoms with Crippen molar-refractivity contribution >= 4 is 0 Å². The third-order valence-corrected chi connectivity index (χ3v) is 3.31. The predicted molar refractivity (Wildman–Crippen MR) is 76.5 cm³/mol. The molecule has 0 amide bonds. The first-order valence-electron chi connectivity index (χ1n) is 6.58. The summed E-state index contributed by atoms with van der Waals surface area (Å²) in [7, 11) is 1.99. The minimum atomic E-state index is 0.120. The third-order valence-electron chi connectivity index (χ3n) is 3.31. The van der Waals surface area contributed by atoms with Gasteiger partial charge in [-0.1, -0.05) is 12.1 Å². The van der Waals surface area contributed by atoms with Gasteiger partial charge in [0.25, 0.3) is 0 Å². The van der Waals surface area contributed by atoms with Crippen molar-refractivity contribution in [2.75, 3.05) is 13.2 Å². The van der Waals surface area contributed by atoms with Crippen molar-refractivity contribution in [1.29, 1.82) is 0 Å². The van der Waals surface area contributed by atoms with Crippen LogP contribution in [0.2, 0.25) is 0 Å². The summed E-state index contributed by atoms with van der Waals surface area (Å²) in [5, 5.41) is 0. The normalized spacial score (nSPS) is 12.4. The van der Waals surface area contributed by atoms with Crippen LogP contribution in [0.3, 0.4) is 0 Å². The van der Waals surface area contributed by atoms with E-state index in [1.807, 2.05) is 30.8 Å². The molecule has 1 heterocycles. The van der Waals surface area contributed by atoms with Gasteiger partial charge < -0.3 is 15.0 Å². The summed E-state index contributed by atoms with van der Waals surface area (Å²) in [6.45, 7) is 5.27. The number of aromatic nitrogens is 2. The van der Waals surface area contributed by atoms with E-state index in [4.69, 9.17) is 10.5 Å². The molecule has 0 saturated carbocycles. The monoisotopic (exact) mass is 259 g/mol. The van der Waals surface area contributed by atoms with Gasteiger partial charge in [0.1, 0.15) is 11.6 Å². The summed E-state index contributed by atoms with van der Waals surface area (Å²) >= 11 is 0. The summed E-state index contributed by atoms with van der Waals surface area (Å²) in [4.78, 5) is 4.40. The van der Waals surface area contributed by atoms with Crippen LogP contribution in [0.1, 0.15) is 29.8 Å². The standard InChI is InChI=1S/C15H21N3O/c1-4-19-14-6-5-12(9-11(14)2)13(10-16)15-17-7-8-18(15)3/h5-9,13H,4,10,16H2,1-3H3. The lowest BCUT2D eigenvalue weighted by Gasteiger charge is -2.17. The lowest BCUT2D eigenvalue weighted by atomic mass is 9.96. The van der Waals surface area contributed by atoms with Gasteiger partial charge in [0.2, 0.25) is 0 Å². The second-order valence-electron chi connectivity index (χ2n) is 4.64. The van der Waals surface area contributed by atoms with Crippen molar-refractivity contribution in [2.45, 2.75) is 19.8 Å². The van der Waals surface area contributed by atoms with E-state index in [0.717, 1.165) is 17.1 Å². The van der Waals surface area contributed by atoms with Crippen molar-refractivity contribution < 1.29 is 4.74 Å². The summed E-state index contributed by atoms with van der Waals surface area (Å²) in [5.74, 6) is 2.04. The van der Waals surface area contributed by atoms with Gasteiger partial charge in [-0.15, -0.1) is 0 Å². The van der Waals surface area contributed by atoms with Crippen molar-refractivity contribution in [3.8, 4) is 5.75 Å². The number of hydrogen-bond acceptors (Lipinski definition) is 3. The van der Waals surface area contributed by atoms with Crippen LogP contribution >= 0.6 is 0 Å². The molecule has 1 unspecified atom stereocenters. The number of ether oxygens (including phenoxy) is 1. The maximum Gasteiger partial charge on any atom is 0.122 e. The highest BCUT2D eigenvalue weighted by molar-refractivity contribution is 5.39. The van der Waals surface area contributed by atoms with Gasteiger partial charge in [-0.25, -0.2) is 4.98 Å². The lowest BCUT2D eigenvalue weighted by Crippen LogP contribution is -2.17. The van der Waals surface area contributed by atoms with E-state index < -0.39 is 0 Å². The van der Waals surface area contributed by atoms with Gasteiger partial charge in [-0.05, 0) is 31.0 Å². The average Bonchev–Trinajstić information content (AvgIpc) is 2.80. The molecule has 102 valence electrons. The average molecular weight is 259 g/mol. The Hall–Kier alpha value is -1.81. The van der Waals surface area contributed by atoms with Gasteiger partial charge in [0.05, 0.1) is 12.5 Å². The Morgan fingerprint density at radius 2 is 2.21 bits per heavy atom. The third kappa shape index (κ3) is 2.79. The predicted octanol–water partition coefficient (Wildman–Crippen LogP) is 2.22. The van der Waals surface area contributed by atoms with E-state index in [-0.39, 0.29) is 5.92 Å². The SMILES string of the molecule is CCOc1ccc(C(CN)c2nccn2C)cc1C. The molecule has 1 atom stereocenters. The molecule has 4 heteroatoms. The molecule has 0 bridgehead atoms. The van der Waals surface area contributed by atoms with Crippen LogP contribution in [-0.2, 0) is 7.05 Å². The van der Waals surface area contributed by atoms with Crippen LogP contribution in [0.4, 0.5) is 0 Å². The van der Waals surface area contributed by atoms with Crippen LogP contribution in [0.15, 0.2) is 30.6 Å². The molecule has 2 N–H and O–H groups in total. The molecule has 1 aromatic heterocycles. The van der Waals surface area contributed by atoms with Crippen LogP contribution in [0, 0.1) is 6.92 Å². The summed E-state index contributed by atoms with van der Waals surface area (Å²) in [6, 6.07) is 6.22. The van der Waals surface area contributed by atoms with E-state index in [0.29, 0.717) is 13.2 Å². The van der Waals surface area contributed by atoms with E-state index in [9.17, 15) is 0 Å². The molecule has 0 spiro atoms. The van der Waals surface area contributed by atoms with Gasteiger partial charge in [0, 0.05) is 26.0 Å². The molecule has 0 fully saturated rings. The first-order chi connectivity index (χ1) is 9.17. The number of aryl methyl sites for hydroxylation is 2. The largest absolute Gasteiger partial charge is 0.494 e. The molecule has 0 radical (unpaired) electrons. The first-order valence-corrected chi connectivity index (χ1v) is 6.58. The zero-order valence-corrected chi connectivity index (χ0v) is 11.8. The Morgan fingerprint density at radius 3 is 2.74 bits per heavy atom. The first kappa shape index (κ1) is 13.6. The molecular formula is C15H21N3O. The summed E-state index contributed by atoms with van der Waals surface area (Å²) < 4.78 is 7.58. The number of nitrogens with two attached hydrogens (primary N) is 1. The smallest absolute Gasteiger partial charge is 0.122 e. The molecule has 4 nitrogen and oxygen atoms in total. The van der Waals surface area contributed by atoms with E-state index >= 15 is 0 Å². The molecule has 2 rings (SSSR count). The molecular weight excluding hydrogens is 238 g/mol. The number of nitrogens with zero attached hydrogens (tertiary/aromatic N) is 2. The quantitative estimate of drug-likeness (QED) is 0.895. The fourth-order valence-corrected chi connectivity index (χ4v) is 2.31. The molecule has 2 aromatic rings. The van der Waals surface area contributed by atoms with Crippen LogP contribution in [-0.4, -0.2) is 22.7 Å². The van der Waals surface area contributed by atoms with Gasteiger partial charge >= 0.3 is 0 Å². The van der Waals surface area contributed by atoms with Crippen molar-refractivity contribution in [3.63, 3.8) is 0 Å². The Morgan fingerprint density at radius 1 is 1.42 bits per heavy atom. The molecule has 19 heavy (non-hydrogen) atoms. The zero-order chi connectivity index (χ0) is 13.8. The van der Waals surface area contributed by atoms with Crippen LogP contribution < -0.4 is 10.5 Å². The van der Waals surface area contributed by atoms with E-state index in [1.165, 1.54) is 5.56 Å². The Labute approximate surface area is 114 Å².